The molecule has 2 aliphatic heterocycles. The molecule has 1 aromatic rings. The Labute approximate surface area is 160 Å². The summed E-state index contributed by atoms with van der Waals surface area (Å²) in [6, 6.07) is 4.40. The van der Waals surface area contributed by atoms with E-state index >= 15 is 0 Å². The molecule has 1 unspecified atom stereocenters. The van der Waals surface area contributed by atoms with E-state index in [0.29, 0.717) is 31.9 Å². The minimum Gasteiger partial charge on any atom is -0.381 e. The highest BCUT2D eigenvalue weighted by Gasteiger charge is 2.34. The number of carbonyl (C=O) groups excluding carboxylic acids is 1. The Bertz CT molecular complexity index is 763. The van der Waals surface area contributed by atoms with Crippen LogP contribution in [0.3, 0.4) is 0 Å². The molecule has 0 spiro atoms. The van der Waals surface area contributed by atoms with Gasteiger partial charge in [0.1, 0.15) is 0 Å². The highest BCUT2D eigenvalue weighted by atomic mass is 35.5. The number of halogens is 1. The molecule has 1 aromatic carbocycles. The van der Waals surface area contributed by atoms with Crippen molar-refractivity contribution >= 4 is 34.0 Å². The number of fused-ring (bicyclic) bond motifs is 1. The van der Waals surface area contributed by atoms with Crippen LogP contribution in [0, 0.1) is 5.92 Å². The van der Waals surface area contributed by atoms with Gasteiger partial charge in [-0.1, -0.05) is 6.07 Å². The molecule has 26 heavy (non-hydrogen) atoms. The van der Waals surface area contributed by atoms with Gasteiger partial charge in [-0.05, 0) is 42.9 Å². The van der Waals surface area contributed by atoms with E-state index in [-0.39, 0.29) is 29.1 Å². The summed E-state index contributed by atoms with van der Waals surface area (Å²) in [5, 5.41) is 0. The molecule has 7 nitrogen and oxygen atoms in total. The Hall–Kier alpha value is -1.19. The molecule has 0 radical (unpaired) electrons. The molecule has 1 amide bonds. The van der Waals surface area contributed by atoms with Gasteiger partial charge in [0.15, 0.2) is 0 Å². The molecule has 0 aromatic heterocycles. The van der Waals surface area contributed by atoms with Gasteiger partial charge in [-0.3, -0.25) is 4.79 Å². The first-order valence-electron chi connectivity index (χ1n) is 8.52. The Morgan fingerprint density at radius 2 is 1.96 bits per heavy atom. The average Bonchev–Trinajstić information content (AvgIpc) is 3.04. The maximum Gasteiger partial charge on any atom is 0.244 e. The first-order chi connectivity index (χ1) is 11.8. The van der Waals surface area contributed by atoms with Crippen LogP contribution >= 0.6 is 12.4 Å². The number of sulfonamides is 1. The second kappa shape index (κ2) is 8.22. The maximum absolute atomic E-state index is 12.9. The largest absolute Gasteiger partial charge is 0.381 e. The summed E-state index contributed by atoms with van der Waals surface area (Å²) in [7, 11) is -0.556. The van der Waals surface area contributed by atoms with E-state index in [1.54, 1.807) is 23.1 Å². The van der Waals surface area contributed by atoms with Crippen molar-refractivity contribution in [2.24, 2.45) is 11.7 Å². The van der Waals surface area contributed by atoms with E-state index in [1.807, 2.05) is 0 Å². The standard InChI is InChI=1S/C17H25N3O4S.ClH/c1-19(2)25(22,23)14-4-3-12-5-8-20(15(12)11-14)17(21)16(18)13-6-9-24-10-7-13;/h3-4,11,13,16H,5-10,18H2,1-2H3;1H. The van der Waals surface area contributed by atoms with Gasteiger partial charge in [-0.25, -0.2) is 12.7 Å². The third-order valence-electron chi connectivity index (χ3n) is 5.06. The van der Waals surface area contributed by atoms with Crippen molar-refractivity contribution in [2.45, 2.75) is 30.2 Å². The zero-order chi connectivity index (χ0) is 18.2. The molecular weight excluding hydrogens is 378 g/mol. The SMILES string of the molecule is CN(C)S(=O)(=O)c1ccc2c(c1)N(C(=O)C(N)C1CCOCC1)CC2.Cl. The van der Waals surface area contributed by atoms with Crippen molar-refractivity contribution in [3.63, 3.8) is 0 Å². The molecule has 1 saturated heterocycles. The molecule has 146 valence electrons. The molecule has 3 rings (SSSR count). The molecule has 2 heterocycles. The van der Waals surface area contributed by atoms with Crippen LogP contribution < -0.4 is 10.6 Å². The lowest BCUT2D eigenvalue weighted by Gasteiger charge is -2.30. The van der Waals surface area contributed by atoms with E-state index in [2.05, 4.69) is 0 Å². The predicted molar refractivity (Wildman–Crippen MR) is 102 cm³/mol. The maximum atomic E-state index is 12.9. The lowest BCUT2D eigenvalue weighted by Crippen LogP contribution is -2.48. The third-order valence-corrected chi connectivity index (χ3v) is 6.87. The van der Waals surface area contributed by atoms with E-state index in [1.165, 1.54) is 18.4 Å². The molecule has 2 aliphatic rings. The summed E-state index contributed by atoms with van der Waals surface area (Å²) in [6.07, 6.45) is 2.27. The fraction of sp³-hybridized carbons (Fsp3) is 0.588. The summed E-state index contributed by atoms with van der Waals surface area (Å²) >= 11 is 0. The fourth-order valence-electron chi connectivity index (χ4n) is 3.42. The van der Waals surface area contributed by atoms with Gasteiger partial charge in [0.2, 0.25) is 15.9 Å². The summed E-state index contributed by atoms with van der Waals surface area (Å²) in [5.74, 6) is -0.0240. The van der Waals surface area contributed by atoms with E-state index in [0.717, 1.165) is 18.4 Å². The summed E-state index contributed by atoms with van der Waals surface area (Å²) in [4.78, 5) is 14.7. The van der Waals surface area contributed by atoms with Gasteiger partial charge in [0.05, 0.1) is 10.9 Å². The zero-order valence-electron chi connectivity index (χ0n) is 15.1. The number of ether oxygens (including phenoxy) is 1. The van der Waals surface area contributed by atoms with Crippen molar-refractivity contribution < 1.29 is 17.9 Å². The number of rotatable bonds is 4. The summed E-state index contributed by atoms with van der Waals surface area (Å²) < 4.78 is 31.3. The lowest BCUT2D eigenvalue weighted by molar-refractivity contribution is -0.121. The molecule has 0 aliphatic carbocycles. The van der Waals surface area contributed by atoms with Crippen LogP contribution in [-0.4, -0.2) is 58.5 Å². The number of nitrogens with two attached hydrogens (primary N) is 1. The van der Waals surface area contributed by atoms with Gasteiger partial charge >= 0.3 is 0 Å². The minimum atomic E-state index is -3.54. The monoisotopic (exact) mass is 403 g/mol. The molecule has 1 atom stereocenters. The van der Waals surface area contributed by atoms with Gasteiger partial charge in [0, 0.05) is 39.5 Å². The first-order valence-corrected chi connectivity index (χ1v) is 9.96. The van der Waals surface area contributed by atoms with Crippen LogP contribution in [-0.2, 0) is 26.0 Å². The second-order valence-corrected chi connectivity index (χ2v) is 8.95. The number of carbonyl (C=O) groups is 1. The Morgan fingerprint density at radius 3 is 2.58 bits per heavy atom. The highest BCUT2D eigenvalue weighted by molar-refractivity contribution is 7.89. The predicted octanol–water partition coefficient (Wildman–Crippen LogP) is 1.00. The molecule has 0 saturated carbocycles. The van der Waals surface area contributed by atoms with E-state index in [4.69, 9.17) is 10.5 Å². The van der Waals surface area contributed by atoms with Crippen LogP contribution in [0.4, 0.5) is 5.69 Å². The van der Waals surface area contributed by atoms with Crippen LogP contribution in [0.25, 0.3) is 0 Å². The Balaban J connectivity index is 0.00000243. The van der Waals surface area contributed by atoms with Gasteiger partial charge in [-0.15, -0.1) is 12.4 Å². The van der Waals surface area contributed by atoms with E-state index in [9.17, 15) is 13.2 Å². The number of benzene rings is 1. The number of hydrogen-bond acceptors (Lipinski definition) is 5. The molecule has 1 fully saturated rings. The Morgan fingerprint density at radius 1 is 1.31 bits per heavy atom. The van der Waals surface area contributed by atoms with Crippen molar-refractivity contribution in [3.05, 3.63) is 23.8 Å². The highest BCUT2D eigenvalue weighted by Crippen LogP contribution is 2.32. The van der Waals surface area contributed by atoms with Crippen molar-refractivity contribution in [1.29, 1.82) is 0 Å². The van der Waals surface area contributed by atoms with Gasteiger partial charge < -0.3 is 15.4 Å². The van der Waals surface area contributed by atoms with Crippen LogP contribution in [0.1, 0.15) is 18.4 Å². The lowest BCUT2D eigenvalue weighted by atomic mass is 9.91. The number of anilines is 1. The molecule has 9 heteroatoms. The fourth-order valence-corrected chi connectivity index (χ4v) is 4.34. The van der Waals surface area contributed by atoms with Crippen LogP contribution in [0.5, 0.6) is 0 Å². The van der Waals surface area contributed by atoms with Crippen LogP contribution in [0.15, 0.2) is 23.1 Å². The van der Waals surface area contributed by atoms with Crippen molar-refractivity contribution in [1.82, 2.24) is 4.31 Å². The normalized spacial score (nSPS) is 19.2. The van der Waals surface area contributed by atoms with Gasteiger partial charge in [-0.2, -0.15) is 0 Å². The third kappa shape index (κ3) is 3.89. The van der Waals surface area contributed by atoms with Crippen molar-refractivity contribution in [2.75, 3.05) is 38.8 Å². The van der Waals surface area contributed by atoms with Gasteiger partial charge in [0.25, 0.3) is 0 Å². The average molecular weight is 404 g/mol. The zero-order valence-corrected chi connectivity index (χ0v) is 16.7. The molecular formula is C17H26ClN3O4S. The second-order valence-electron chi connectivity index (χ2n) is 6.79. The summed E-state index contributed by atoms with van der Waals surface area (Å²) in [5.41, 5.74) is 7.87. The van der Waals surface area contributed by atoms with Crippen molar-refractivity contribution in [3.8, 4) is 0 Å². The minimum absolute atomic E-state index is 0. The quantitative estimate of drug-likeness (QED) is 0.809. The number of amides is 1. The molecule has 2 N–H and O–H groups in total. The Kier molecular flexibility index (Phi) is 6.68. The topological polar surface area (TPSA) is 92.9 Å². The van der Waals surface area contributed by atoms with E-state index < -0.39 is 16.1 Å². The number of nitrogens with zero attached hydrogens (tertiary/aromatic N) is 2. The summed E-state index contributed by atoms with van der Waals surface area (Å²) in [6.45, 7) is 1.80. The first kappa shape index (κ1) is 21.1. The van der Waals surface area contributed by atoms with Crippen LogP contribution in [0.2, 0.25) is 0 Å². The smallest absolute Gasteiger partial charge is 0.244 e. The number of hydrogen-bond donors (Lipinski definition) is 1. The molecule has 0 bridgehead atoms.